The average Bonchev–Trinajstić information content (AvgIpc) is 3.35. The van der Waals surface area contributed by atoms with Gasteiger partial charge < -0.3 is 13.9 Å². The van der Waals surface area contributed by atoms with Gasteiger partial charge in [0.2, 0.25) is 0 Å². The van der Waals surface area contributed by atoms with Crippen LogP contribution in [-0.4, -0.2) is 6.16 Å². The van der Waals surface area contributed by atoms with Gasteiger partial charge in [-0.25, -0.2) is 9.18 Å². The van der Waals surface area contributed by atoms with Gasteiger partial charge in [-0.3, -0.25) is 0 Å². The third kappa shape index (κ3) is 10.4. The normalized spacial score (nSPS) is 11.0. The molecule has 0 aliphatic heterocycles. The first-order valence-corrected chi connectivity index (χ1v) is 14.5. The molecule has 0 bridgehead atoms. The van der Waals surface area contributed by atoms with Gasteiger partial charge in [-0.1, -0.05) is 102 Å². The zero-order valence-corrected chi connectivity index (χ0v) is 23.1. The second kappa shape index (κ2) is 16.7. The summed E-state index contributed by atoms with van der Waals surface area (Å²) in [6.45, 7) is 4.39. The SMILES string of the molecule is CCCCCCCCCCCc1ccc(-c2ccc(OC(=O)Oc3ccc(CCCCC)o3)cc2)c(F)c1. The van der Waals surface area contributed by atoms with Crippen molar-refractivity contribution < 1.29 is 23.1 Å². The van der Waals surface area contributed by atoms with Crippen molar-refractivity contribution in [1.29, 1.82) is 0 Å². The summed E-state index contributed by atoms with van der Waals surface area (Å²) in [7, 11) is 0. The molecular weight excluding hydrogens is 479 g/mol. The van der Waals surface area contributed by atoms with Crippen LogP contribution in [0.25, 0.3) is 11.1 Å². The fraction of sp³-hybridized carbons (Fsp3) is 0.485. The summed E-state index contributed by atoms with van der Waals surface area (Å²) in [6.07, 6.45) is 15.7. The van der Waals surface area contributed by atoms with Crippen LogP contribution in [-0.2, 0) is 12.8 Å². The minimum Gasteiger partial charge on any atom is -0.430 e. The second-order valence-corrected chi connectivity index (χ2v) is 10.0. The summed E-state index contributed by atoms with van der Waals surface area (Å²) in [5.41, 5.74) is 2.28. The predicted octanol–water partition coefficient (Wildman–Crippen LogP) is 10.5. The van der Waals surface area contributed by atoms with E-state index < -0.39 is 6.16 Å². The lowest BCUT2D eigenvalue weighted by Gasteiger charge is -2.08. The Morgan fingerprint density at radius 1 is 0.711 bits per heavy atom. The smallest absolute Gasteiger partial charge is 0.430 e. The van der Waals surface area contributed by atoms with Crippen LogP contribution in [0.5, 0.6) is 11.7 Å². The highest BCUT2D eigenvalue weighted by Crippen LogP contribution is 2.27. The van der Waals surface area contributed by atoms with Crippen LogP contribution < -0.4 is 9.47 Å². The fourth-order valence-electron chi connectivity index (χ4n) is 4.59. The summed E-state index contributed by atoms with van der Waals surface area (Å²) in [4.78, 5) is 12.1. The minimum absolute atomic E-state index is 0.114. The lowest BCUT2D eigenvalue weighted by atomic mass is 10.00. The molecule has 1 aromatic heterocycles. The van der Waals surface area contributed by atoms with Gasteiger partial charge in [0.05, 0.1) is 0 Å². The van der Waals surface area contributed by atoms with Crippen molar-refractivity contribution in [2.24, 2.45) is 0 Å². The van der Waals surface area contributed by atoms with E-state index in [-0.39, 0.29) is 11.8 Å². The molecule has 0 unspecified atom stereocenters. The van der Waals surface area contributed by atoms with Gasteiger partial charge in [0.1, 0.15) is 17.3 Å². The fourth-order valence-corrected chi connectivity index (χ4v) is 4.59. The maximum absolute atomic E-state index is 14.9. The molecule has 0 fully saturated rings. The zero-order valence-electron chi connectivity index (χ0n) is 23.1. The molecule has 3 aromatic rings. The average molecular weight is 523 g/mol. The molecule has 0 saturated heterocycles. The predicted molar refractivity (Wildman–Crippen MR) is 151 cm³/mol. The van der Waals surface area contributed by atoms with Gasteiger partial charge in [0.25, 0.3) is 5.95 Å². The minimum atomic E-state index is -0.876. The maximum Gasteiger partial charge on any atom is 0.521 e. The monoisotopic (exact) mass is 522 g/mol. The van der Waals surface area contributed by atoms with Gasteiger partial charge in [0.15, 0.2) is 0 Å². The molecule has 206 valence electrons. The van der Waals surface area contributed by atoms with Crippen LogP contribution in [0.15, 0.2) is 59.0 Å². The van der Waals surface area contributed by atoms with Crippen molar-refractivity contribution in [2.75, 3.05) is 0 Å². The van der Waals surface area contributed by atoms with Gasteiger partial charge in [-0.2, -0.15) is 0 Å². The molecule has 2 aromatic carbocycles. The molecule has 4 nitrogen and oxygen atoms in total. The van der Waals surface area contributed by atoms with Crippen molar-refractivity contribution in [3.63, 3.8) is 0 Å². The highest BCUT2D eigenvalue weighted by molar-refractivity contribution is 5.68. The molecule has 0 radical (unpaired) electrons. The molecule has 38 heavy (non-hydrogen) atoms. The molecular formula is C33H43FO4. The Labute approximate surface area is 227 Å². The maximum atomic E-state index is 14.9. The molecule has 0 amide bonds. The van der Waals surface area contributed by atoms with Crippen LogP contribution in [0.4, 0.5) is 9.18 Å². The summed E-state index contributed by atoms with van der Waals surface area (Å²) >= 11 is 0. The molecule has 0 atom stereocenters. The van der Waals surface area contributed by atoms with Crippen molar-refractivity contribution in [1.82, 2.24) is 0 Å². The third-order valence-electron chi connectivity index (χ3n) is 6.82. The Balaban J connectivity index is 1.41. The molecule has 0 saturated carbocycles. The lowest BCUT2D eigenvalue weighted by Crippen LogP contribution is -2.13. The van der Waals surface area contributed by atoms with Crippen LogP contribution in [0, 0.1) is 5.82 Å². The number of benzene rings is 2. The first-order chi connectivity index (χ1) is 18.6. The third-order valence-corrected chi connectivity index (χ3v) is 6.82. The molecule has 1 heterocycles. The van der Waals surface area contributed by atoms with E-state index >= 15 is 0 Å². The van der Waals surface area contributed by atoms with E-state index in [2.05, 4.69) is 13.8 Å². The first kappa shape index (κ1) is 29.5. The lowest BCUT2D eigenvalue weighted by molar-refractivity contribution is 0.139. The van der Waals surface area contributed by atoms with Gasteiger partial charge in [-0.05, 0) is 54.7 Å². The number of unbranched alkanes of at least 4 members (excludes halogenated alkanes) is 10. The van der Waals surface area contributed by atoms with Gasteiger partial charge in [0, 0.05) is 18.1 Å². The molecule has 0 N–H and O–H groups in total. The van der Waals surface area contributed by atoms with Crippen molar-refractivity contribution in [3.05, 3.63) is 71.7 Å². The van der Waals surface area contributed by atoms with Gasteiger partial charge >= 0.3 is 6.16 Å². The van der Waals surface area contributed by atoms with Gasteiger partial charge in [-0.15, -0.1) is 0 Å². The Morgan fingerprint density at radius 2 is 1.34 bits per heavy atom. The summed E-state index contributed by atoms with van der Waals surface area (Å²) < 4.78 is 30.8. The van der Waals surface area contributed by atoms with Crippen LogP contribution in [0.3, 0.4) is 0 Å². The van der Waals surface area contributed by atoms with Crippen molar-refractivity contribution in [2.45, 2.75) is 104 Å². The Bertz CT molecular complexity index is 1090. The number of halogens is 1. The molecule has 5 heteroatoms. The van der Waals surface area contributed by atoms with Crippen LogP contribution >= 0.6 is 0 Å². The quantitative estimate of drug-likeness (QED) is 0.100. The Kier molecular flexibility index (Phi) is 13.0. The molecule has 0 spiro atoms. The Hall–Kier alpha value is -3.08. The number of hydrogen-bond acceptors (Lipinski definition) is 4. The summed E-state index contributed by atoms with van der Waals surface area (Å²) in [6, 6.07) is 15.6. The van der Waals surface area contributed by atoms with Crippen LogP contribution in [0.2, 0.25) is 0 Å². The topological polar surface area (TPSA) is 48.7 Å². The highest BCUT2D eigenvalue weighted by Gasteiger charge is 2.13. The van der Waals surface area contributed by atoms with E-state index in [4.69, 9.17) is 13.9 Å². The van der Waals surface area contributed by atoms with E-state index in [1.54, 1.807) is 36.4 Å². The van der Waals surface area contributed by atoms with E-state index in [0.717, 1.165) is 55.4 Å². The number of hydrogen-bond donors (Lipinski definition) is 0. The highest BCUT2D eigenvalue weighted by atomic mass is 19.1. The molecule has 0 aliphatic carbocycles. The van der Waals surface area contributed by atoms with E-state index in [9.17, 15) is 9.18 Å². The molecule has 3 rings (SSSR count). The summed E-state index contributed by atoms with van der Waals surface area (Å²) in [5, 5.41) is 0. The summed E-state index contributed by atoms with van der Waals surface area (Å²) in [5.74, 6) is 0.976. The van der Waals surface area contributed by atoms with Crippen LogP contribution in [0.1, 0.15) is 102 Å². The number of carbonyl (C=O) groups excluding carboxylic acids is 1. The first-order valence-electron chi connectivity index (χ1n) is 14.5. The van der Waals surface area contributed by atoms with Crippen molar-refractivity contribution >= 4 is 6.16 Å². The van der Waals surface area contributed by atoms with Crippen molar-refractivity contribution in [3.8, 4) is 22.8 Å². The number of rotatable bonds is 17. The van der Waals surface area contributed by atoms with E-state index in [1.807, 2.05) is 18.2 Å². The molecule has 0 aliphatic rings. The Morgan fingerprint density at radius 3 is 2.03 bits per heavy atom. The number of ether oxygens (including phenoxy) is 2. The number of aryl methyl sites for hydroxylation is 2. The zero-order chi connectivity index (χ0) is 27.0. The standard InChI is InChI=1S/C33H43FO4/c1-3-5-7-8-9-10-11-12-14-15-26-17-23-30(31(34)25-26)27-18-20-29(21-19-27)37-33(35)38-32-24-22-28(36-32)16-13-6-4-2/h17-25H,3-16H2,1-2H3. The second-order valence-electron chi connectivity index (χ2n) is 10.0. The number of carbonyl (C=O) groups is 1. The van der Waals surface area contributed by atoms with E-state index in [0.29, 0.717) is 11.3 Å². The number of furan rings is 1. The largest absolute Gasteiger partial charge is 0.521 e. The van der Waals surface area contributed by atoms with E-state index in [1.165, 1.54) is 51.4 Å².